The minimum atomic E-state index is -3.77. The van der Waals surface area contributed by atoms with Crippen molar-refractivity contribution in [1.82, 2.24) is 5.09 Å². The molecule has 0 aliphatic carbocycles. The van der Waals surface area contributed by atoms with Gasteiger partial charge in [0.15, 0.2) is 0 Å². The minimum Gasteiger partial charge on any atom is -0.387 e. The largest absolute Gasteiger partial charge is 0.406 e. The van der Waals surface area contributed by atoms with Gasteiger partial charge in [0.25, 0.3) is 0 Å². The molecule has 8 nitrogen and oxygen atoms in total. The van der Waals surface area contributed by atoms with Gasteiger partial charge in [0.05, 0.1) is 18.7 Å². The molecule has 7 atom stereocenters. The summed E-state index contributed by atoms with van der Waals surface area (Å²) in [6.45, 7) is 1.60. The second-order valence-electron chi connectivity index (χ2n) is 7.59. The Morgan fingerprint density at radius 1 is 1.30 bits per heavy atom. The number of aliphatic hydroxyl groups is 2. The van der Waals surface area contributed by atoms with Crippen molar-refractivity contribution in [2.24, 2.45) is 0 Å². The fourth-order valence-corrected chi connectivity index (χ4v) is 7.32. The smallest absolute Gasteiger partial charge is 0.387 e. The molecule has 0 bridgehead atoms. The molecule has 3 N–H and O–H groups in total. The van der Waals surface area contributed by atoms with E-state index in [2.05, 4.69) is 5.09 Å². The van der Waals surface area contributed by atoms with Crippen LogP contribution >= 0.6 is 29.3 Å². The molecule has 30 heavy (non-hydrogen) atoms. The zero-order valence-electron chi connectivity index (χ0n) is 17.3. The normalized spacial score (nSPS) is 36.5. The Balaban J connectivity index is 1.69. The molecule has 2 aliphatic rings. The summed E-state index contributed by atoms with van der Waals surface area (Å²) in [5.74, 6) is 1.33. The van der Waals surface area contributed by atoms with Crippen molar-refractivity contribution in [1.29, 1.82) is 0 Å². The van der Waals surface area contributed by atoms with Crippen LogP contribution in [0.4, 0.5) is 0 Å². The van der Waals surface area contributed by atoms with E-state index in [-0.39, 0.29) is 19.3 Å². The number of ether oxygens (including phenoxy) is 2. The van der Waals surface area contributed by atoms with Crippen LogP contribution in [-0.2, 0) is 29.6 Å². The molecule has 2 saturated heterocycles. The summed E-state index contributed by atoms with van der Waals surface area (Å²) in [6, 6.07) is 8.93. The predicted octanol–water partition coefficient (Wildman–Crippen LogP) is 1.17. The Bertz CT molecular complexity index is 732. The van der Waals surface area contributed by atoms with Gasteiger partial charge in [-0.2, -0.15) is 0 Å². The standard InChI is InChI=1S/C18H29BNO7PS2/c1-18(22)16(21)13(26-17(18)19)9-25-28(23,20-8-12-6-4-3-5-7-12)27-15-11-30-29-10-14(15)24-2/h3-7,13-17,21-22H,8-11,19H2,1-2H3,(H,20,23)/t13-,14+,15+,16-,17-,18-,28?/m1/s1. The van der Waals surface area contributed by atoms with Crippen molar-refractivity contribution in [3.8, 4) is 0 Å². The summed E-state index contributed by atoms with van der Waals surface area (Å²) in [7, 11) is 2.82. The molecule has 0 aromatic heterocycles. The Hall–Kier alpha value is -0.0651. The van der Waals surface area contributed by atoms with Crippen LogP contribution in [0.3, 0.4) is 0 Å². The summed E-state index contributed by atoms with van der Waals surface area (Å²) in [5, 5.41) is 23.6. The van der Waals surface area contributed by atoms with Crippen molar-refractivity contribution in [3.05, 3.63) is 35.9 Å². The highest BCUT2D eigenvalue weighted by molar-refractivity contribution is 8.76. The number of hydrogen-bond donors (Lipinski definition) is 3. The van der Waals surface area contributed by atoms with Crippen molar-refractivity contribution >= 4 is 37.2 Å². The maximum Gasteiger partial charge on any atom is 0.406 e. The third kappa shape index (κ3) is 6.04. The summed E-state index contributed by atoms with van der Waals surface area (Å²) in [4.78, 5) is 0. The number of hydrogen-bond acceptors (Lipinski definition) is 9. The van der Waals surface area contributed by atoms with Gasteiger partial charge in [0.1, 0.15) is 31.8 Å². The first-order chi connectivity index (χ1) is 14.2. The van der Waals surface area contributed by atoms with E-state index in [1.54, 1.807) is 36.5 Å². The maximum absolute atomic E-state index is 13.6. The molecular weight excluding hydrogens is 448 g/mol. The molecular formula is C18H29BNO7PS2. The molecule has 2 aliphatic heterocycles. The lowest BCUT2D eigenvalue weighted by Crippen LogP contribution is -2.46. The number of methoxy groups -OCH3 is 1. The molecule has 0 amide bonds. The maximum atomic E-state index is 13.6. The molecule has 3 rings (SSSR count). The van der Waals surface area contributed by atoms with Crippen molar-refractivity contribution in [2.75, 3.05) is 25.2 Å². The fourth-order valence-electron chi connectivity index (χ4n) is 3.23. The number of benzene rings is 1. The second-order valence-corrected chi connectivity index (χ2v) is 11.9. The van der Waals surface area contributed by atoms with Crippen LogP contribution in [0.1, 0.15) is 12.5 Å². The highest BCUT2D eigenvalue weighted by Gasteiger charge is 2.50. The van der Waals surface area contributed by atoms with Crippen LogP contribution in [0.15, 0.2) is 30.3 Å². The van der Waals surface area contributed by atoms with Crippen LogP contribution in [0.25, 0.3) is 0 Å². The number of nitrogens with one attached hydrogen (secondary N) is 1. The number of aliphatic hydroxyl groups excluding tert-OH is 1. The Morgan fingerprint density at radius 2 is 1.97 bits per heavy atom. The van der Waals surface area contributed by atoms with E-state index >= 15 is 0 Å². The Labute approximate surface area is 186 Å². The van der Waals surface area contributed by atoms with E-state index in [0.717, 1.165) is 11.3 Å². The van der Waals surface area contributed by atoms with Gasteiger partial charge in [0.2, 0.25) is 0 Å². The molecule has 1 aromatic rings. The van der Waals surface area contributed by atoms with E-state index < -0.39 is 37.7 Å². The van der Waals surface area contributed by atoms with Crippen molar-refractivity contribution in [2.45, 2.75) is 49.5 Å². The first-order valence-electron chi connectivity index (χ1n) is 9.80. The van der Waals surface area contributed by atoms with Gasteiger partial charge < -0.3 is 19.7 Å². The van der Waals surface area contributed by atoms with Crippen LogP contribution < -0.4 is 5.09 Å². The third-order valence-corrected chi connectivity index (χ3v) is 9.42. The highest BCUT2D eigenvalue weighted by atomic mass is 33.1. The molecule has 168 valence electrons. The van der Waals surface area contributed by atoms with Crippen LogP contribution in [0, 0.1) is 0 Å². The zero-order valence-corrected chi connectivity index (χ0v) is 19.8. The lowest BCUT2D eigenvalue weighted by atomic mass is 9.82. The molecule has 2 heterocycles. The monoisotopic (exact) mass is 477 g/mol. The summed E-state index contributed by atoms with van der Waals surface area (Å²) < 4.78 is 36.3. The quantitative estimate of drug-likeness (QED) is 0.273. The van der Waals surface area contributed by atoms with E-state index in [1.165, 1.54) is 6.92 Å². The van der Waals surface area contributed by atoms with Crippen molar-refractivity contribution in [3.63, 3.8) is 0 Å². The lowest BCUT2D eigenvalue weighted by molar-refractivity contribution is -0.0471. The van der Waals surface area contributed by atoms with E-state index in [1.807, 2.05) is 30.3 Å². The fraction of sp³-hybridized carbons (Fsp3) is 0.667. The van der Waals surface area contributed by atoms with Crippen LogP contribution in [0.2, 0.25) is 0 Å². The first-order valence-corrected chi connectivity index (χ1v) is 13.8. The van der Waals surface area contributed by atoms with E-state index in [0.29, 0.717) is 5.75 Å². The minimum absolute atomic E-state index is 0.188. The lowest BCUT2D eigenvalue weighted by Gasteiger charge is -2.32. The van der Waals surface area contributed by atoms with Crippen molar-refractivity contribution < 1.29 is 33.3 Å². The van der Waals surface area contributed by atoms with Gasteiger partial charge in [-0.15, -0.1) is 0 Å². The zero-order chi connectivity index (χ0) is 21.8. The van der Waals surface area contributed by atoms with Gasteiger partial charge in [-0.25, -0.2) is 9.65 Å². The molecule has 0 spiro atoms. The Kier molecular flexibility index (Phi) is 8.77. The van der Waals surface area contributed by atoms with Gasteiger partial charge in [-0.05, 0) is 12.5 Å². The van der Waals surface area contributed by atoms with Gasteiger partial charge in [0, 0.05) is 25.2 Å². The average Bonchev–Trinajstić information content (AvgIpc) is 2.94. The van der Waals surface area contributed by atoms with E-state index in [9.17, 15) is 14.8 Å². The number of rotatable bonds is 9. The second kappa shape index (κ2) is 10.7. The van der Waals surface area contributed by atoms with Crippen LogP contribution in [-0.4, -0.2) is 79.3 Å². The summed E-state index contributed by atoms with van der Waals surface area (Å²) in [5.41, 5.74) is -0.482. The molecule has 1 unspecified atom stereocenters. The average molecular weight is 477 g/mol. The van der Waals surface area contributed by atoms with Crippen LogP contribution in [0.5, 0.6) is 0 Å². The predicted molar refractivity (Wildman–Crippen MR) is 121 cm³/mol. The van der Waals surface area contributed by atoms with Gasteiger partial charge in [-0.3, -0.25) is 9.05 Å². The van der Waals surface area contributed by atoms with Gasteiger partial charge in [-0.1, -0.05) is 51.9 Å². The third-order valence-electron chi connectivity index (χ3n) is 5.42. The molecule has 0 saturated carbocycles. The summed E-state index contributed by atoms with van der Waals surface area (Å²) in [6.07, 6.45) is -2.60. The molecule has 2 fully saturated rings. The van der Waals surface area contributed by atoms with E-state index in [4.69, 9.17) is 18.5 Å². The molecule has 12 heteroatoms. The first kappa shape index (κ1) is 24.6. The topological polar surface area (TPSA) is 106 Å². The van der Waals surface area contributed by atoms with Gasteiger partial charge >= 0.3 is 7.75 Å². The summed E-state index contributed by atoms with van der Waals surface area (Å²) >= 11 is 0. The molecule has 0 radical (unpaired) electrons. The Morgan fingerprint density at radius 3 is 2.57 bits per heavy atom. The SMILES string of the molecule is B[C@@H]1O[C@H](COP(=O)(NCc2ccccc2)O[C@H]2CSSC[C@@H]2OC)[C@@H](O)[C@@]1(C)O. The molecule has 1 aromatic carbocycles. The highest BCUT2D eigenvalue weighted by Crippen LogP contribution is 2.49.